The summed E-state index contributed by atoms with van der Waals surface area (Å²) in [5.74, 6) is 1.52. The first-order chi connectivity index (χ1) is 12.2. The van der Waals surface area contributed by atoms with Crippen molar-refractivity contribution in [3.63, 3.8) is 0 Å². The lowest BCUT2D eigenvalue weighted by Crippen LogP contribution is -2.31. The molecule has 0 amide bonds. The minimum absolute atomic E-state index is 0.704. The van der Waals surface area contributed by atoms with Crippen LogP contribution in [0.3, 0.4) is 0 Å². The predicted octanol–water partition coefficient (Wildman–Crippen LogP) is 4.74. The van der Waals surface area contributed by atoms with E-state index >= 15 is 0 Å². The molecule has 126 valence electrons. The van der Waals surface area contributed by atoms with E-state index in [1.54, 1.807) is 6.20 Å². The van der Waals surface area contributed by atoms with Crippen LogP contribution in [0.5, 0.6) is 0 Å². The molecule has 1 aliphatic heterocycles. The van der Waals surface area contributed by atoms with Crippen molar-refractivity contribution in [1.82, 2.24) is 9.97 Å². The van der Waals surface area contributed by atoms with Crippen molar-refractivity contribution in [2.24, 2.45) is 0 Å². The van der Waals surface area contributed by atoms with Crippen LogP contribution in [0.15, 0.2) is 54.7 Å². The van der Waals surface area contributed by atoms with E-state index in [9.17, 15) is 0 Å². The van der Waals surface area contributed by atoms with E-state index in [1.165, 1.54) is 11.1 Å². The highest BCUT2D eigenvalue weighted by Gasteiger charge is 2.18. The number of nitrogens with one attached hydrogen (secondary N) is 1. The number of hydrogen-bond acceptors (Lipinski definition) is 4. The van der Waals surface area contributed by atoms with Crippen LogP contribution in [-0.4, -0.2) is 16.5 Å². The molecule has 0 atom stereocenters. The van der Waals surface area contributed by atoms with Gasteiger partial charge in [-0.15, -0.1) is 0 Å². The zero-order valence-corrected chi connectivity index (χ0v) is 14.8. The Hall–Kier alpha value is -2.59. The van der Waals surface area contributed by atoms with E-state index in [0.29, 0.717) is 5.02 Å². The molecule has 2 heterocycles. The standard InChI is InChI=1S/C20H19ClN4/c1-14-6-7-17(21)12-18(14)23-19-8-10-22-20(24-19)25-11-9-15-4-2-3-5-16(15)13-25/h2-8,10,12H,9,11,13H2,1H3,(H,22,23,24). The van der Waals surface area contributed by atoms with Crippen molar-refractivity contribution in [3.8, 4) is 0 Å². The molecule has 0 saturated heterocycles. The van der Waals surface area contributed by atoms with Crippen molar-refractivity contribution >= 4 is 29.1 Å². The Kier molecular flexibility index (Phi) is 4.28. The average molecular weight is 351 g/mol. The Morgan fingerprint density at radius 2 is 1.92 bits per heavy atom. The highest BCUT2D eigenvalue weighted by molar-refractivity contribution is 6.30. The average Bonchev–Trinajstić information content (AvgIpc) is 2.64. The van der Waals surface area contributed by atoms with Gasteiger partial charge in [0.05, 0.1) is 0 Å². The summed E-state index contributed by atoms with van der Waals surface area (Å²) >= 11 is 6.10. The van der Waals surface area contributed by atoms with Crippen molar-refractivity contribution < 1.29 is 0 Å². The monoisotopic (exact) mass is 350 g/mol. The predicted molar refractivity (Wildman–Crippen MR) is 103 cm³/mol. The third-order valence-corrected chi connectivity index (χ3v) is 4.75. The maximum absolute atomic E-state index is 6.10. The molecule has 0 saturated carbocycles. The van der Waals surface area contributed by atoms with Gasteiger partial charge in [0.25, 0.3) is 0 Å². The van der Waals surface area contributed by atoms with Crippen molar-refractivity contribution in [2.45, 2.75) is 19.9 Å². The second-order valence-electron chi connectivity index (χ2n) is 6.27. The Morgan fingerprint density at radius 1 is 1.08 bits per heavy atom. The lowest BCUT2D eigenvalue weighted by atomic mass is 10.0. The number of aromatic nitrogens is 2. The maximum atomic E-state index is 6.10. The Bertz CT molecular complexity index is 910. The Labute approximate surface area is 152 Å². The van der Waals surface area contributed by atoms with Crippen LogP contribution >= 0.6 is 11.6 Å². The molecular formula is C20H19ClN4. The smallest absolute Gasteiger partial charge is 0.227 e. The fourth-order valence-corrected chi connectivity index (χ4v) is 3.28. The number of rotatable bonds is 3. The van der Waals surface area contributed by atoms with Gasteiger partial charge < -0.3 is 10.2 Å². The first-order valence-corrected chi connectivity index (χ1v) is 8.75. The Morgan fingerprint density at radius 3 is 2.80 bits per heavy atom. The maximum Gasteiger partial charge on any atom is 0.227 e. The number of hydrogen-bond donors (Lipinski definition) is 1. The number of aryl methyl sites for hydroxylation is 1. The lowest BCUT2D eigenvalue weighted by Gasteiger charge is -2.29. The van der Waals surface area contributed by atoms with Crippen molar-refractivity contribution in [2.75, 3.05) is 16.8 Å². The molecule has 1 aliphatic rings. The van der Waals surface area contributed by atoms with Crippen LogP contribution in [0, 0.1) is 6.92 Å². The molecule has 1 N–H and O–H groups in total. The first kappa shape index (κ1) is 15.9. The summed E-state index contributed by atoms with van der Waals surface area (Å²) in [5, 5.41) is 4.05. The third kappa shape index (κ3) is 3.44. The summed E-state index contributed by atoms with van der Waals surface area (Å²) in [6.45, 7) is 3.81. The molecule has 4 nitrogen and oxygen atoms in total. The minimum atomic E-state index is 0.704. The van der Waals surface area contributed by atoms with Crippen LogP contribution in [0.4, 0.5) is 17.5 Å². The van der Waals surface area contributed by atoms with E-state index in [1.807, 2.05) is 31.2 Å². The van der Waals surface area contributed by atoms with Gasteiger partial charge >= 0.3 is 0 Å². The quantitative estimate of drug-likeness (QED) is 0.740. The largest absolute Gasteiger partial charge is 0.340 e. The topological polar surface area (TPSA) is 41.1 Å². The molecule has 0 radical (unpaired) electrons. The second-order valence-corrected chi connectivity index (χ2v) is 6.70. The molecule has 0 fully saturated rings. The van der Waals surface area contributed by atoms with E-state index in [0.717, 1.165) is 42.5 Å². The van der Waals surface area contributed by atoms with Gasteiger partial charge in [-0.2, -0.15) is 4.98 Å². The zero-order valence-electron chi connectivity index (χ0n) is 14.0. The van der Waals surface area contributed by atoms with Crippen molar-refractivity contribution in [1.29, 1.82) is 0 Å². The van der Waals surface area contributed by atoms with E-state index in [2.05, 4.69) is 39.5 Å². The highest BCUT2D eigenvalue weighted by atomic mass is 35.5. The minimum Gasteiger partial charge on any atom is -0.340 e. The van der Waals surface area contributed by atoms with E-state index in [-0.39, 0.29) is 0 Å². The third-order valence-electron chi connectivity index (χ3n) is 4.52. The summed E-state index contributed by atoms with van der Waals surface area (Å²) < 4.78 is 0. The summed E-state index contributed by atoms with van der Waals surface area (Å²) in [4.78, 5) is 11.4. The number of fused-ring (bicyclic) bond motifs is 1. The number of anilines is 3. The summed E-state index contributed by atoms with van der Waals surface area (Å²) in [5.41, 5.74) is 4.85. The molecule has 5 heteroatoms. The number of nitrogens with zero attached hydrogens (tertiary/aromatic N) is 3. The first-order valence-electron chi connectivity index (χ1n) is 8.37. The van der Waals surface area contributed by atoms with Gasteiger partial charge in [0.15, 0.2) is 0 Å². The molecule has 4 rings (SSSR count). The molecule has 0 spiro atoms. The van der Waals surface area contributed by atoms with Gasteiger partial charge in [-0.05, 0) is 48.2 Å². The van der Waals surface area contributed by atoms with E-state index < -0.39 is 0 Å². The fourth-order valence-electron chi connectivity index (χ4n) is 3.10. The van der Waals surface area contributed by atoms with Gasteiger partial charge in [0.1, 0.15) is 5.82 Å². The van der Waals surface area contributed by atoms with E-state index in [4.69, 9.17) is 16.6 Å². The highest BCUT2D eigenvalue weighted by Crippen LogP contribution is 2.25. The van der Waals surface area contributed by atoms with Gasteiger partial charge in [0.2, 0.25) is 5.95 Å². The second kappa shape index (κ2) is 6.73. The molecule has 1 aromatic heterocycles. The summed E-state index contributed by atoms with van der Waals surface area (Å²) in [6.07, 6.45) is 2.82. The van der Waals surface area contributed by atoms with Crippen LogP contribution < -0.4 is 10.2 Å². The molecule has 0 aliphatic carbocycles. The molecule has 0 unspecified atom stereocenters. The molecule has 3 aromatic rings. The molecule has 2 aromatic carbocycles. The normalized spacial score (nSPS) is 13.4. The van der Waals surface area contributed by atoms with Crippen LogP contribution in [-0.2, 0) is 13.0 Å². The molecule has 25 heavy (non-hydrogen) atoms. The van der Waals surface area contributed by atoms with Crippen LogP contribution in [0.2, 0.25) is 5.02 Å². The van der Waals surface area contributed by atoms with Gasteiger partial charge in [-0.25, -0.2) is 4.98 Å². The fraction of sp³-hybridized carbons (Fsp3) is 0.200. The van der Waals surface area contributed by atoms with Gasteiger partial charge in [-0.3, -0.25) is 0 Å². The summed E-state index contributed by atoms with van der Waals surface area (Å²) in [6, 6.07) is 16.2. The molecule has 0 bridgehead atoms. The van der Waals surface area contributed by atoms with Gasteiger partial charge in [0, 0.05) is 30.0 Å². The van der Waals surface area contributed by atoms with Crippen molar-refractivity contribution in [3.05, 3.63) is 76.4 Å². The number of benzene rings is 2. The number of halogens is 1. The summed E-state index contributed by atoms with van der Waals surface area (Å²) in [7, 11) is 0. The Balaban J connectivity index is 1.57. The zero-order chi connectivity index (χ0) is 17.2. The van der Waals surface area contributed by atoms with Crippen LogP contribution in [0.25, 0.3) is 0 Å². The SMILES string of the molecule is Cc1ccc(Cl)cc1Nc1ccnc(N2CCc3ccccc3C2)n1. The molecular weight excluding hydrogens is 332 g/mol. The van der Waals surface area contributed by atoms with Gasteiger partial charge in [-0.1, -0.05) is 41.9 Å². The van der Waals surface area contributed by atoms with Crippen LogP contribution in [0.1, 0.15) is 16.7 Å². The lowest BCUT2D eigenvalue weighted by molar-refractivity contribution is 0.708.